The predicted molar refractivity (Wildman–Crippen MR) is 83.8 cm³/mol. The minimum atomic E-state index is 0.636. The van der Waals surface area contributed by atoms with Crippen molar-refractivity contribution in [2.75, 3.05) is 13.7 Å². The second-order valence-corrected chi connectivity index (χ2v) is 5.04. The standard InChI is InChI=1S/C16H18BrNO2/c1-12-3-8-16(15(11-17)18-12)20-10-9-13-4-6-14(19-2)7-5-13/h3-8H,9-11H2,1-2H3. The van der Waals surface area contributed by atoms with Gasteiger partial charge in [0, 0.05) is 17.4 Å². The Bertz CT molecular complexity index is 555. The molecule has 0 saturated heterocycles. The van der Waals surface area contributed by atoms with Gasteiger partial charge in [0.05, 0.1) is 19.4 Å². The molecular weight excluding hydrogens is 318 g/mol. The average molecular weight is 336 g/mol. The molecule has 1 aromatic heterocycles. The summed E-state index contributed by atoms with van der Waals surface area (Å²) in [5.74, 6) is 1.72. The molecule has 0 unspecified atom stereocenters. The minimum Gasteiger partial charge on any atom is -0.497 e. The number of alkyl halides is 1. The van der Waals surface area contributed by atoms with Gasteiger partial charge in [0.15, 0.2) is 0 Å². The summed E-state index contributed by atoms with van der Waals surface area (Å²) in [6.45, 7) is 2.62. The van der Waals surface area contributed by atoms with Gasteiger partial charge < -0.3 is 9.47 Å². The van der Waals surface area contributed by atoms with Gasteiger partial charge in [0.2, 0.25) is 0 Å². The molecule has 0 aliphatic carbocycles. The first-order chi connectivity index (χ1) is 9.72. The van der Waals surface area contributed by atoms with Crippen LogP contribution in [-0.2, 0) is 11.8 Å². The molecule has 3 nitrogen and oxygen atoms in total. The van der Waals surface area contributed by atoms with E-state index in [1.165, 1.54) is 5.56 Å². The molecule has 0 amide bonds. The first kappa shape index (κ1) is 14.9. The number of rotatable bonds is 6. The summed E-state index contributed by atoms with van der Waals surface area (Å²) in [6, 6.07) is 12.0. The summed E-state index contributed by atoms with van der Waals surface area (Å²) in [5, 5.41) is 0.701. The fourth-order valence-electron chi connectivity index (χ4n) is 1.90. The van der Waals surface area contributed by atoms with Gasteiger partial charge in [0.25, 0.3) is 0 Å². The molecular formula is C16H18BrNO2. The van der Waals surface area contributed by atoms with Crippen LogP contribution in [0.15, 0.2) is 36.4 Å². The van der Waals surface area contributed by atoms with Crippen LogP contribution in [-0.4, -0.2) is 18.7 Å². The molecule has 0 N–H and O–H groups in total. The van der Waals surface area contributed by atoms with E-state index < -0.39 is 0 Å². The molecule has 4 heteroatoms. The van der Waals surface area contributed by atoms with E-state index >= 15 is 0 Å². The Labute approximate surface area is 128 Å². The maximum absolute atomic E-state index is 5.82. The number of hydrogen-bond acceptors (Lipinski definition) is 3. The monoisotopic (exact) mass is 335 g/mol. The summed E-state index contributed by atoms with van der Waals surface area (Å²) in [6.07, 6.45) is 0.861. The molecule has 0 radical (unpaired) electrons. The van der Waals surface area contributed by atoms with Crippen molar-refractivity contribution in [2.24, 2.45) is 0 Å². The minimum absolute atomic E-state index is 0.636. The van der Waals surface area contributed by atoms with Gasteiger partial charge in [-0.25, -0.2) is 0 Å². The topological polar surface area (TPSA) is 31.4 Å². The van der Waals surface area contributed by atoms with Crippen molar-refractivity contribution in [1.82, 2.24) is 4.98 Å². The summed E-state index contributed by atoms with van der Waals surface area (Å²) in [7, 11) is 1.67. The summed E-state index contributed by atoms with van der Waals surface area (Å²) < 4.78 is 11.0. The zero-order valence-corrected chi connectivity index (χ0v) is 13.3. The number of aryl methyl sites for hydroxylation is 1. The van der Waals surface area contributed by atoms with Gasteiger partial charge in [-0.2, -0.15) is 0 Å². The van der Waals surface area contributed by atoms with Crippen LogP contribution in [0.3, 0.4) is 0 Å². The van der Waals surface area contributed by atoms with Crippen molar-refractivity contribution in [1.29, 1.82) is 0 Å². The van der Waals surface area contributed by atoms with Gasteiger partial charge >= 0.3 is 0 Å². The Hall–Kier alpha value is -1.55. The molecule has 1 heterocycles. The number of hydrogen-bond donors (Lipinski definition) is 0. The molecule has 2 aromatic rings. The SMILES string of the molecule is COc1ccc(CCOc2ccc(C)nc2CBr)cc1. The number of benzene rings is 1. The Morgan fingerprint density at radius 1 is 1.10 bits per heavy atom. The zero-order chi connectivity index (χ0) is 14.4. The van der Waals surface area contributed by atoms with Gasteiger partial charge in [-0.3, -0.25) is 4.98 Å². The molecule has 1 aromatic carbocycles. The number of methoxy groups -OCH3 is 1. The molecule has 0 bridgehead atoms. The van der Waals surface area contributed by atoms with Crippen LogP contribution in [0.2, 0.25) is 0 Å². The normalized spacial score (nSPS) is 10.3. The van der Waals surface area contributed by atoms with Crippen molar-refractivity contribution >= 4 is 15.9 Å². The van der Waals surface area contributed by atoms with E-state index in [1.54, 1.807) is 7.11 Å². The molecule has 0 spiro atoms. The zero-order valence-electron chi connectivity index (χ0n) is 11.7. The first-order valence-electron chi connectivity index (χ1n) is 6.51. The quantitative estimate of drug-likeness (QED) is 0.750. The van der Waals surface area contributed by atoms with E-state index in [0.717, 1.165) is 29.3 Å². The number of pyridine rings is 1. The Morgan fingerprint density at radius 2 is 1.85 bits per heavy atom. The van der Waals surface area contributed by atoms with Crippen LogP contribution in [0, 0.1) is 6.92 Å². The van der Waals surface area contributed by atoms with E-state index in [2.05, 4.69) is 33.0 Å². The van der Waals surface area contributed by atoms with Crippen LogP contribution in [0.4, 0.5) is 0 Å². The number of aromatic nitrogens is 1. The van der Waals surface area contributed by atoms with E-state index in [4.69, 9.17) is 9.47 Å². The molecule has 2 rings (SSSR count). The lowest BCUT2D eigenvalue weighted by Crippen LogP contribution is -2.04. The van der Waals surface area contributed by atoms with Crippen molar-refractivity contribution in [3.05, 3.63) is 53.3 Å². The van der Waals surface area contributed by atoms with Crippen LogP contribution in [0.1, 0.15) is 17.0 Å². The highest BCUT2D eigenvalue weighted by Crippen LogP contribution is 2.20. The molecule has 0 atom stereocenters. The van der Waals surface area contributed by atoms with Crippen LogP contribution in [0.25, 0.3) is 0 Å². The Balaban J connectivity index is 1.92. The van der Waals surface area contributed by atoms with E-state index in [-0.39, 0.29) is 0 Å². The third-order valence-electron chi connectivity index (χ3n) is 3.01. The van der Waals surface area contributed by atoms with E-state index in [9.17, 15) is 0 Å². The highest BCUT2D eigenvalue weighted by atomic mass is 79.9. The van der Waals surface area contributed by atoms with E-state index in [1.807, 2.05) is 31.2 Å². The van der Waals surface area contributed by atoms with Gasteiger partial charge in [-0.05, 0) is 36.8 Å². The highest BCUT2D eigenvalue weighted by molar-refractivity contribution is 9.08. The maximum Gasteiger partial charge on any atom is 0.141 e. The first-order valence-corrected chi connectivity index (χ1v) is 7.63. The van der Waals surface area contributed by atoms with Crippen LogP contribution >= 0.6 is 15.9 Å². The highest BCUT2D eigenvalue weighted by Gasteiger charge is 2.04. The summed E-state index contributed by atoms with van der Waals surface area (Å²) in [5.41, 5.74) is 3.17. The van der Waals surface area contributed by atoms with Gasteiger partial charge in [-0.1, -0.05) is 28.1 Å². The van der Waals surface area contributed by atoms with Crippen molar-refractivity contribution < 1.29 is 9.47 Å². The third-order valence-corrected chi connectivity index (χ3v) is 3.54. The Kier molecular flexibility index (Phi) is 5.41. The average Bonchev–Trinajstić information content (AvgIpc) is 2.49. The number of halogens is 1. The Morgan fingerprint density at radius 3 is 2.50 bits per heavy atom. The van der Waals surface area contributed by atoms with Gasteiger partial charge in [-0.15, -0.1) is 0 Å². The lowest BCUT2D eigenvalue weighted by Gasteiger charge is -2.10. The molecule has 0 fully saturated rings. The second kappa shape index (κ2) is 7.29. The van der Waals surface area contributed by atoms with Crippen LogP contribution < -0.4 is 9.47 Å². The third kappa shape index (κ3) is 3.97. The summed E-state index contributed by atoms with van der Waals surface area (Å²) in [4.78, 5) is 4.45. The summed E-state index contributed by atoms with van der Waals surface area (Å²) >= 11 is 3.44. The fourth-order valence-corrected chi connectivity index (χ4v) is 2.30. The number of nitrogens with zero attached hydrogens (tertiary/aromatic N) is 1. The van der Waals surface area contributed by atoms with Crippen molar-refractivity contribution in [3.8, 4) is 11.5 Å². The molecule has 0 aliphatic heterocycles. The second-order valence-electron chi connectivity index (χ2n) is 4.48. The van der Waals surface area contributed by atoms with E-state index in [0.29, 0.717) is 11.9 Å². The maximum atomic E-state index is 5.82. The molecule has 0 aliphatic rings. The smallest absolute Gasteiger partial charge is 0.141 e. The fraction of sp³-hybridized carbons (Fsp3) is 0.312. The number of ether oxygens (including phenoxy) is 2. The van der Waals surface area contributed by atoms with Crippen LogP contribution in [0.5, 0.6) is 11.5 Å². The molecule has 0 saturated carbocycles. The molecule has 106 valence electrons. The molecule has 20 heavy (non-hydrogen) atoms. The lowest BCUT2D eigenvalue weighted by molar-refractivity contribution is 0.318. The largest absolute Gasteiger partial charge is 0.497 e. The van der Waals surface area contributed by atoms with Gasteiger partial charge in [0.1, 0.15) is 11.5 Å². The van der Waals surface area contributed by atoms with Crippen molar-refractivity contribution in [2.45, 2.75) is 18.7 Å². The predicted octanol–water partition coefficient (Wildman–Crippen LogP) is 3.92. The van der Waals surface area contributed by atoms with Crippen molar-refractivity contribution in [3.63, 3.8) is 0 Å². The lowest BCUT2D eigenvalue weighted by atomic mass is 10.1.